The third-order valence-electron chi connectivity index (χ3n) is 4.34. The Morgan fingerprint density at radius 3 is 2.89 bits per heavy atom. The van der Waals surface area contributed by atoms with E-state index in [9.17, 15) is 4.39 Å². The molecule has 3 rings (SSSR count). The van der Waals surface area contributed by atoms with Gasteiger partial charge in [-0.1, -0.05) is 17.7 Å². The second kappa shape index (κ2) is 5.37. The van der Waals surface area contributed by atoms with Crippen LogP contribution in [0.5, 0.6) is 0 Å². The van der Waals surface area contributed by atoms with Gasteiger partial charge in [-0.25, -0.2) is 4.39 Å². The molecule has 5 heteroatoms. The number of rotatable bonds is 4. The number of halogens is 2. The van der Waals surface area contributed by atoms with Gasteiger partial charge in [-0.05, 0) is 43.4 Å². The zero-order chi connectivity index (χ0) is 13.4. The van der Waals surface area contributed by atoms with Crippen LogP contribution < -0.4 is 11.3 Å². The normalized spacial score (nSPS) is 30.8. The van der Waals surface area contributed by atoms with Crippen molar-refractivity contribution in [1.82, 2.24) is 5.43 Å². The maximum absolute atomic E-state index is 13.0. The molecule has 0 spiro atoms. The van der Waals surface area contributed by atoms with Gasteiger partial charge in [0.15, 0.2) is 0 Å². The van der Waals surface area contributed by atoms with Crippen molar-refractivity contribution in [3.05, 3.63) is 34.6 Å². The zero-order valence-corrected chi connectivity index (χ0v) is 11.4. The summed E-state index contributed by atoms with van der Waals surface area (Å²) < 4.78 is 18.9. The molecule has 2 fully saturated rings. The average Bonchev–Trinajstić information content (AvgIpc) is 3.00. The van der Waals surface area contributed by atoms with Crippen molar-refractivity contribution in [2.75, 3.05) is 0 Å². The fraction of sp³-hybridized carbons (Fsp3) is 0.571. The molecule has 0 saturated carbocycles. The topological polar surface area (TPSA) is 47.3 Å². The zero-order valence-electron chi connectivity index (χ0n) is 10.6. The highest BCUT2D eigenvalue weighted by molar-refractivity contribution is 6.31. The van der Waals surface area contributed by atoms with Crippen LogP contribution in [0.1, 0.15) is 24.8 Å². The molecule has 2 aliphatic heterocycles. The monoisotopic (exact) mass is 284 g/mol. The minimum absolute atomic E-state index is 0.123. The van der Waals surface area contributed by atoms with Gasteiger partial charge < -0.3 is 4.74 Å². The van der Waals surface area contributed by atoms with Crippen LogP contribution in [0.2, 0.25) is 5.02 Å². The molecule has 0 aliphatic carbocycles. The Morgan fingerprint density at radius 1 is 1.47 bits per heavy atom. The smallest absolute Gasteiger partial charge is 0.124 e. The highest BCUT2D eigenvalue weighted by atomic mass is 35.5. The van der Waals surface area contributed by atoms with Gasteiger partial charge in [0.1, 0.15) is 5.82 Å². The van der Waals surface area contributed by atoms with Crippen LogP contribution in [0.4, 0.5) is 4.39 Å². The minimum atomic E-state index is -0.311. The van der Waals surface area contributed by atoms with E-state index in [1.165, 1.54) is 12.1 Å². The van der Waals surface area contributed by atoms with Gasteiger partial charge in [-0.3, -0.25) is 11.3 Å². The molecule has 2 aliphatic rings. The molecule has 1 aromatic rings. The summed E-state index contributed by atoms with van der Waals surface area (Å²) in [6.07, 6.45) is 4.74. The van der Waals surface area contributed by atoms with E-state index < -0.39 is 0 Å². The molecule has 2 saturated heterocycles. The highest BCUT2D eigenvalue weighted by Gasteiger charge is 2.44. The molecule has 0 aromatic heterocycles. The van der Waals surface area contributed by atoms with Crippen LogP contribution in [0.3, 0.4) is 0 Å². The van der Waals surface area contributed by atoms with Crippen molar-refractivity contribution < 1.29 is 9.13 Å². The van der Waals surface area contributed by atoms with E-state index in [1.807, 2.05) is 0 Å². The van der Waals surface area contributed by atoms with E-state index in [2.05, 4.69) is 5.43 Å². The predicted molar refractivity (Wildman–Crippen MR) is 72.2 cm³/mol. The summed E-state index contributed by atoms with van der Waals surface area (Å²) in [6.45, 7) is 0. The SMILES string of the molecule is NNC(Cc1ccc(F)cc1Cl)C1CC2CCC1O2. The van der Waals surface area contributed by atoms with Gasteiger partial charge in [0.25, 0.3) is 0 Å². The lowest BCUT2D eigenvalue weighted by molar-refractivity contribution is 0.0857. The first kappa shape index (κ1) is 13.3. The van der Waals surface area contributed by atoms with E-state index >= 15 is 0 Å². The Balaban J connectivity index is 1.73. The fourth-order valence-corrected chi connectivity index (χ4v) is 3.60. The molecular formula is C14H18ClFN2O. The standard InChI is InChI=1S/C14H18ClFN2O/c15-12-6-9(16)2-1-8(12)5-13(18-17)11-7-10-3-4-14(11)19-10/h1-2,6,10-11,13-14,18H,3-5,7,17H2. The predicted octanol–water partition coefficient (Wildman–Crippen LogP) is 2.42. The molecule has 19 heavy (non-hydrogen) atoms. The number of nitrogens with two attached hydrogens (primary N) is 1. The van der Waals surface area contributed by atoms with Crippen LogP contribution in [0.15, 0.2) is 18.2 Å². The van der Waals surface area contributed by atoms with E-state index in [1.54, 1.807) is 6.07 Å². The summed E-state index contributed by atoms with van der Waals surface area (Å²) >= 11 is 6.08. The molecule has 3 nitrogen and oxygen atoms in total. The van der Waals surface area contributed by atoms with Crippen molar-refractivity contribution in [3.63, 3.8) is 0 Å². The largest absolute Gasteiger partial charge is 0.375 e. The number of ether oxygens (including phenoxy) is 1. The maximum Gasteiger partial charge on any atom is 0.124 e. The Bertz CT molecular complexity index is 471. The first-order chi connectivity index (χ1) is 9.17. The van der Waals surface area contributed by atoms with Gasteiger partial charge >= 0.3 is 0 Å². The van der Waals surface area contributed by atoms with Crippen LogP contribution >= 0.6 is 11.6 Å². The Morgan fingerprint density at radius 2 is 2.32 bits per heavy atom. The number of hydrogen-bond acceptors (Lipinski definition) is 3. The lowest BCUT2D eigenvalue weighted by atomic mass is 9.82. The molecule has 4 unspecified atom stereocenters. The van der Waals surface area contributed by atoms with Crippen LogP contribution in [0, 0.1) is 11.7 Å². The summed E-state index contributed by atoms with van der Waals surface area (Å²) in [6, 6.07) is 4.64. The molecule has 4 atom stereocenters. The number of nitrogens with one attached hydrogen (secondary N) is 1. The van der Waals surface area contributed by atoms with Crippen molar-refractivity contribution >= 4 is 11.6 Å². The molecule has 1 aromatic carbocycles. The van der Waals surface area contributed by atoms with E-state index in [4.69, 9.17) is 22.2 Å². The van der Waals surface area contributed by atoms with Gasteiger partial charge in [0.2, 0.25) is 0 Å². The molecule has 0 amide bonds. The van der Waals surface area contributed by atoms with E-state index in [0.717, 1.165) is 24.8 Å². The summed E-state index contributed by atoms with van der Waals surface area (Å²) in [7, 11) is 0. The number of hydrazine groups is 1. The van der Waals surface area contributed by atoms with E-state index in [0.29, 0.717) is 29.6 Å². The van der Waals surface area contributed by atoms with Gasteiger partial charge in [-0.2, -0.15) is 0 Å². The number of fused-ring (bicyclic) bond motifs is 2. The van der Waals surface area contributed by atoms with Crippen molar-refractivity contribution in [2.24, 2.45) is 11.8 Å². The second-order valence-electron chi connectivity index (χ2n) is 5.49. The second-order valence-corrected chi connectivity index (χ2v) is 5.89. The van der Waals surface area contributed by atoms with Gasteiger partial charge in [0, 0.05) is 17.0 Å². The van der Waals surface area contributed by atoms with Crippen molar-refractivity contribution in [2.45, 2.75) is 43.9 Å². The Hall–Kier alpha value is -0.680. The van der Waals surface area contributed by atoms with Crippen molar-refractivity contribution in [3.8, 4) is 0 Å². The van der Waals surface area contributed by atoms with Crippen LogP contribution in [0.25, 0.3) is 0 Å². The summed E-state index contributed by atoms with van der Waals surface area (Å²) in [5.74, 6) is 5.80. The summed E-state index contributed by atoms with van der Waals surface area (Å²) in [5.41, 5.74) is 3.81. The molecular weight excluding hydrogens is 267 g/mol. The lowest BCUT2D eigenvalue weighted by Crippen LogP contribution is -2.45. The van der Waals surface area contributed by atoms with E-state index in [-0.39, 0.29) is 11.9 Å². The van der Waals surface area contributed by atoms with Crippen LogP contribution in [-0.2, 0) is 11.2 Å². The lowest BCUT2D eigenvalue weighted by Gasteiger charge is -2.28. The van der Waals surface area contributed by atoms with Crippen LogP contribution in [-0.4, -0.2) is 18.2 Å². The Kier molecular flexibility index (Phi) is 3.76. The third-order valence-corrected chi connectivity index (χ3v) is 4.69. The summed E-state index contributed by atoms with van der Waals surface area (Å²) in [5, 5.41) is 0.462. The summed E-state index contributed by atoms with van der Waals surface area (Å²) in [4.78, 5) is 0. The molecule has 2 heterocycles. The minimum Gasteiger partial charge on any atom is -0.375 e. The quantitative estimate of drug-likeness (QED) is 0.659. The van der Waals surface area contributed by atoms with Gasteiger partial charge in [-0.15, -0.1) is 0 Å². The first-order valence-corrected chi connectivity index (χ1v) is 7.10. The van der Waals surface area contributed by atoms with Crippen molar-refractivity contribution in [1.29, 1.82) is 0 Å². The fourth-order valence-electron chi connectivity index (χ4n) is 3.36. The molecule has 2 bridgehead atoms. The van der Waals surface area contributed by atoms with Gasteiger partial charge in [0.05, 0.1) is 12.2 Å². The third kappa shape index (κ3) is 2.63. The highest BCUT2D eigenvalue weighted by Crippen LogP contribution is 2.41. The number of hydrogen-bond donors (Lipinski definition) is 2. The maximum atomic E-state index is 13.0. The molecule has 104 valence electrons. The average molecular weight is 285 g/mol. The number of benzene rings is 1. The molecule has 0 radical (unpaired) electrons. The molecule has 3 N–H and O–H groups in total. The Labute approximate surface area is 117 Å². The first-order valence-electron chi connectivity index (χ1n) is 6.73.